The lowest BCUT2D eigenvalue weighted by molar-refractivity contribution is -0.136. The highest BCUT2D eigenvalue weighted by molar-refractivity contribution is 6.13. The van der Waals surface area contributed by atoms with Crippen LogP contribution in [0.5, 0.6) is 17.2 Å². The highest BCUT2D eigenvalue weighted by Gasteiger charge is 2.24. The third-order valence-corrected chi connectivity index (χ3v) is 3.55. The van der Waals surface area contributed by atoms with Crippen molar-refractivity contribution in [2.24, 2.45) is 0 Å². The fourth-order valence-electron chi connectivity index (χ4n) is 2.42. The van der Waals surface area contributed by atoms with E-state index in [1.165, 1.54) is 21.3 Å². The van der Waals surface area contributed by atoms with E-state index in [-0.39, 0.29) is 17.8 Å². The number of rotatable bonds is 7. The smallest absolute Gasteiger partial charge is 0.307 e. The van der Waals surface area contributed by atoms with Gasteiger partial charge in [-0.1, -0.05) is 24.3 Å². The first-order chi connectivity index (χ1) is 11.5. The summed E-state index contributed by atoms with van der Waals surface area (Å²) in [6, 6.07) is 9.73. The van der Waals surface area contributed by atoms with E-state index in [1.807, 2.05) is 0 Å². The molecule has 0 fully saturated rings. The lowest BCUT2D eigenvalue weighted by Crippen LogP contribution is -2.11. The van der Waals surface area contributed by atoms with Crippen LogP contribution >= 0.6 is 0 Å². The molecule has 0 bridgehead atoms. The number of hydrogen-bond donors (Lipinski definition) is 1. The molecule has 0 heterocycles. The van der Waals surface area contributed by atoms with Gasteiger partial charge in [-0.25, -0.2) is 0 Å². The first-order valence-corrected chi connectivity index (χ1v) is 7.16. The van der Waals surface area contributed by atoms with E-state index in [9.17, 15) is 9.59 Å². The van der Waals surface area contributed by atoms with E-state index >= 15 is 0 Å². The minimum Gasteiger partial charge on any atom is -0.496 e. The van der Waals surface area contributed by atoms with Crippen molar-refractivity contribution in [3.8, 4) is 17.2 Å². The molecule has 2 rings (SSSR count). The van der Waals surface area contributed by atoms with Crippen LogP contribution in [-0.2, 0) is 11.2 Å². The second kappa shape index (κ2) is 7.50. The van der Waals surface area contributed by atoms with E-state index in [2.05, 4.69) is 0 Å². The van der Waals surface area contributed by atoms with Gasteiger partial charge in [-0.3, -0.25) is 9.59 Å². The number of methoxy groups -OCH3 is 3. The second-order valence-corrected chi connectivity index (χ2v) is 4.96. The second-order valence-electron chi connectivity index (χ2n) is 4.96. The van der Waals surface area contributed by atoms with E-state index in [0.29, 0.717) is 28.4 Å². The molecule has 126 valence electrons. The predicted molar refractivity (Wildman–Crippen MR) is 87.3 cm³/mol. The first-order valence-electron chi connectivity index (χ1n) is 7.16. The number of carbonyl (C=O) groups excluding carboxylic acids is 1. The molecule has 0 atom stereocenters. The Hall–Kier alpha value is -3.02. The normalized spacial score (nSPS) is 10.1. The maximum Gasteiger partial charge on any atom is 0.307 e. The van der Waals surface area contributed by atoms with Crippen LogP contribution in [0.15, 0.2) is 36.4 Å². The minimum atomic E-state index is -1.01. The Morgan fingerprint density at radius 2 is 1.54 bits per heavy atom. The van der Waals surface area contributed by atoms with Gasteiger partial charge in [0.15, 0.2) is 0 Å². The summed E-state index contributed by atoms with van der Waals surface area (Å²) in [5.74, 6) is -0.311. The molecule has 0 aliphatic rings. The zero-order valence-corrected chi connectivity index (χ0v) is 13.7. The monoisotopic (exact) mass is 330 g/mol. The van der Waals surface area contributed by atoms with Crippen molar-refractivity contribution in [2.75, 3.05) is 21.3 Å². The Labute approximate surface area is 139 Å². The van der Waals surface area contributed by atoms with Crippen LogP contribution in [0.25, 0.3) is 0 Å². The van der Waals surface area contributed by atoms with Gasteiger partial charge in [0.05, 0.1) is 27.8 Å². The third kappa shape index (κ3) is 3.48. The van der Waals surface area contributed by atoms with Gasteiger partial charge in [0.1, 0.15) is 22.8 Å². The number of aliphatic carboxylic acids is 1. The van der Waals surface area contributed by atoms with Crippen LogP contribution in [0.4, 0.5) is 0 Å². The van der Waals surface area contributed by atoms with Gasteiger partial charge in [0, 0.05) is 17.7 Å². The van der Waals surface area contributed by atoms with Crippen LogP contribution in [0.2, 0.25) is 0 Å². The molecule has 0 saturated heterocycles. The quantitative estimate of drug-likeness (QED) is 0.786. The molecule has 0 saturated carbocycles. The molecular weight excluding hydrogens is 312 g/mol. The number of carboxylic acid groups (broad SMARTS) is 1. The average molecular weight is 330 g/mol. The van der Waals surface area contributed by atoms with Crippen molar-refractivity contribution in [1.29, 1.82) is 0 Å². The maximum atomic E-state index is 13.0. The van der Waals surface area contributed by atoms with Crippen molar-refractivity contribution in [3.63, 3.8) is 0 Å². The van der Waals surface area contributed by atoms with E-state index in [0.717, 1.165) is 0 Å². The number of benzene rings is 2. The molecule has 1 N–H and O–H groups in total. The molecule has 6 heteroatoms. The van der Waals surface area contributed by atoms with Crippen LogP contribution in [0, 0.1) is 0 Å². The SMILES string of the molecule is COc1cc(OC)c(C(=O)c2ccccc2CC(=O)O)c(OC)c1. The van der Waals surface area contributed by atoms with Gasteiger partial charge in [0.25, 0.3) is 0 Å². The van der Waals surface area contributed by atoms with Crippen molar-refractivity contribution in [1.82, 2.24) is 0 Å². The van der Waals surface area contributed by atoms with Crippen LogP contribution in [0.1, 0.15) is 21.5 Å². The molecule has 6 nitrogen and oxygen atoms in total. The maximum absolute atomic E-state index is 13.0. The zero-order chi connectivity index (χ0) is 17.7. The van der Waals surface area contributed by atoms with E-state index in [1.54, 1.807) is 36.4 Å². The van der Waals surface area contributed by atoms with Gasteiger partial charge in [-0.15, -0.1) is 0 Å². The Kier molecular flexibility index (Phi) is 5.42. The number of ether oxygens (including phenoxy) is 3. The summed E-state index contributed by atoms with van der Waals surface area (Å²) in [5.41, 5.74) is 0.940. The van der Waals surface area contributed by atoms with Gasteiger partial charge < -0.3 is 19.3 Å². The first kappa shape index (κ1) is 17.3. The fraction of sp³-hybridized carbons (Fsp3) is 0.222. The lowest BCUT2D eigenvalue weighted by atomic mass is 9.95. The zero-order valence-electron chi connectivity index (χ0n) is 13.7. The molecule has 0 aliphatic carbocycles. The lowest BCUT2D eigenvalue weighted by Gasteiger charge is -2.15. The summed E-state index contributed by atoms with van der Waals surface area (Å²) in [5, 5.41) is 9.04. The predicted octanol–water partition coefficient (Wildman–Crippen LogP) is 2.57. The number of hydrogen-bond acceptors (Lipinski definition) is 5. The molecule has 0 aromatic heterocycles. The number of ketones is 1. The van der Waals surface area contributed by atoms with Crippen molar-refractivity contribution in [2.45, 2.75) is 6.42 Å². The van der Waals surface area contributed by atoms with Gasteiger partial charge in [-0.05, 0) is 5.56 Å². The van der Waals surface area contributed by atoms with Gasteiger partial charge in [0.2, 0.25) is 5.78 Å². The third-order valence-electron chi connectivity index (χ3n) is 3.55. The molecule has 2 aromatic rings. The Morgan fingerprint density at radius 1 is 0.958 bits per heavy atom. The summed E-state index contributed by atoms with van der Waals surface area (Å²) >= 11 is 0. The summed E-state index contributed by atoms with van der Waals surface area (Å²) in [6.07, 6.45) is -0.247. The highest BCUT2D eigenvalue weighted by atomic mass is 16.5. The minimum absolute atomic E-state index is 0.221. The largest absolute Gasteiger partial charge is 0.496 e. The number of carboxylic acids is 1. The molecule has 24 heavy (non-hydrogen) atoms. The average Bonchev–Trinajstić information content (AvgIpc) is 2.59. The molecule has 2 aromatic carbocycles. The summed E-state index contributed by atoms with van der Waals surface area (Å²) in [6.45, 7) is 0. The fourth-order valence-corrected chi connectivity index (χ4v) is 2.42. The standard InChI is InChI=1S/C18H18O6/c1-22-12-9-14(23-2)17(15(10-12)24-3)18(21)13-7-5-4-6-11(13)8-16(19)20/h4-7,9-10H,8H2,1-3H3,(H,19,20). The van der Waals surface area contributed by atoms with Crippen LogP contribution < -0.4 is 14.2 Å². The van der Waals surface area contributed by atoms with Crippen LogP contribution in [-0.4, -0.2) is 38.2 Å². The van der Waals surface area contributed by atoms with Crippen molar-refractivity contribution >= 4 is 11.8 Å². The molecule has 0 radical (unpaired) electrons. The molecule has 0 aliphatic heterocycles. The van der Waals surface area contributed by atoms with Crippen LogP contribution in [0.3, 0.4) is 0 Å². The van der Waals surface area contributed by atoms with Gasteiger partial charge >= 0.3 is 5.97 Å². The molecule has 0 spiro atoms. The molecular formula is C18H18O6. The van der Waals surface area contributed by atoms with E-state index in [4.69, 9.17) is 19.3 Å². The van der Waals surface area contributed by atoms with Crippen molar-refractivity contribution < 1.29 is 28.9 Å². The summed E-state index contributed by atoms with van der Waals surface area (Å²) in [7, 11) is 4.38. The molecule has 0 amide bonds. The summed E-state index contributed by atoms with van der Waals surface area (Å²) in [4.78, 5) is 24.0. The number of carbonyl (C=O) groups is 2. The van der Waals surface area contributed by atoms with Gasteiger partial charge in [-0.2, -0.15) is 0 Å². The topological polar surface area (TPSA) is 82.1 Å². The highest BCUT2D eigenvalue weighted by Crippen LogP contribution is 2.36. The van der Waals surface area contributed by atoms with Crippen molar-refractivity contribution in [3.05, 3.63) is 53.1 Å². The van der Waals surface area contributed by atoms with E-state index < -0.39 is 5.97 Å². The Bertz CT molecular complexity index is 741. The Balaban J connectivity index is 2.60. The molecule has 0 unspecified atom stereocenters. The summed E-state index contributed by atoms with van der Waals surface area (Å²) < 4.78 is 15.8. The Morgan fingerprint density at radius 3 is 2.04 bits per heavy atom.